The summed E-state index contributed by atoms with van der Waals surface area (Å²) in [5.74, 6) is 2.14. The van der Waals surface area contributed by atoms with Gasteiger partial charge in [0.2, 0.25) is 5.91 Å². The van der Waals surface area contributed by atoms with Crippen LogP contribution < -0.4 is 0 Å². The largest absolute Gasteiger partial charge is 0.342 e. The summed E-state index contributed by atoms with van der Waals surface area (Å²) in [7, 11) is 0. The first kappa shape index (κ1) is 21.5. The van der Waals surface area contributed by atoms with Gasteiger partial charge in [0, 0.05) is 37.3 Å². The van der Waals surface area contributed by atoms with Crippen molar-refractivity contribution in [1.82, 2.24) is 14.5 Å². The Bertz CT molecular complexity index is 1510. The third kappa shape index (κ3) is 3.74. The molecule has 2 aliphatic heterocycles. The molecular formula is C31H30N4O. The fourth-order valence-corrected chi connectivity index (χ4v) is 5.88. The van der Waals surface area contributed by atoms with Crippen LogP contribution in [0.3, 0.4) is 0 Å². The highest BCUT2D eigenvalue weighted by atomic mass is 16.2. The Morgan fingerprint density at radius 1 is 0.972 bits per heavy atom. The standard InChI is InChI=1S/C31H30N4O/c1-20-3-2-4-28-29(20)35(19-21-13-14-34(18-21)31(36)24-9-10-24)30(33-28)23-7-5-22(6-8-23)25-11-12-26-16-32-17-27(26)15-25/h2-8,11-12,15,17,21,24H,9-10,13-14,16,18-19H2,1H3/t21-/m1/s1. The Morgan fingerprint density at radius 2 is 1.78 bits per heavy atom. The zero-order chi connectivity index (χ0) is 24.2. The van der Waals surface area contributed by atoms with Crippen LogP contribution in [0.25, 0.3) is 33.5 Å². The number of benzene rings is 3. The van der Waals surface area contributed by atoms with Gasteiger partial charge in [-0.1, -0.05) is 48.5 Å². The van der Waals surface area contributed by atoms with Crippen LogP contribution in [0, 0.1) is 18.8 Å². The van der Waals surface area contributed by atoms with Crippen LogP contribution in [0.4, 0.5) is 0 Å². The smallest absolute Gasteiger partial charge is 0.225 e. The molecule has 0 spiro atoms. The predicted molar refractivity (Wildman–Crippen MR) is 144 cm³/mol. The normalized spacial score (nSPS) is 18.8. The molecule has 1 saturated heterocycles. The van der Waals surface area contributed by atoms with Gasteiger partial charge in [0.1, 0.15) is 5.82 Å². The molecule has 2 fully saturated rings. The molecule has 0 N–H and O–H groups in total. The van der Waals surface area contributed by atoms with Crippen molar-refractivity contribution in [3.63, 3.8) is 0 Å². The second-order valence-corrected chi connectivity index (χ2v) is 10.7. The number of hydrogen-bond donors (Lipinski definition) is 0. The number of carbonyl (C=O) groups is 1. The van der Waals surface area contributed by atoms with Crippen LogP contribution in [-0.2, 0) is 17.9 Å². The minimum absolute atomic E-state index is 0.298. The summed E-state index contributed by atoms with van der Waals surface area (Å²) in [6.07, 6.45) is 5.18. The zero-order valence-electron chi connectivity index (χ0n) is 20.7. The Hall–Kier alpha value is -3.73. The van der Waals surface area contributed by atoms with E-state index in [-0.39, 0.29) is 0 Å². The number of likely N-dealkylation sites (tertiary alicyclic amines) is 1. The van der Waals surface area contributed by atoms with Gasteiger partial charge in [-0.2, -0.15) is 0 Å². The summed E-state index contributed by atoms with van der Waals surface area (Å²) in [6, 6.07) is 21.8. The second-order valence-electron chi connectivity index (χ2n) is 10.7. The molecule has 5 heteroatoms. The van der Waals surface area contributed by atoms with Crippen molar-refractivity contribution in [2.24, 2.45) is 16.8 Å². The highest BCUT2D eigenvalue weighted by Gasteiger charge is 2.36. The maximum atomic E-state index is 12.6. The zero-order valence-corrected chi connectivity index (χ0v) is 20.7. The summed E-state index contributed by atoms with van der Waals surface area (Å²) in [4.78, 5) is 24.2. The topological polar surface area (TPSA) is 50.5 Å². The van der Waals surface area contributed by atoms with Crippen LogP contribution in [0.5, 0.6) is 0 Å². The number of amides is 1. The first-order chi connectivity index (χ1) is 17.6. The van der Waals surface area contributed by atoms with Gasteiger partial charge in [-0.3, -0.25) is 9.79 Å². The SMILES string of the molecule is Cc1cccc2nc(-c3ccc(-c4ccc5c(c4)C=NC5)cc3)n(C[C@@H]3CCN(C(=O)C4CC4)C3)c12. The molecule has 0 unspecified atom stereocenters. The molecule has 3 aromatic carbocycles. The van der Waals surface area contributed by atoms with Gasteiger partial charge in [-0.25, -0.2) is 4.98 Å². The maximum Gasteiger partial charge on any atom is 0.225 e. The summed E-state index contributed by atoms with van der Waals surface area (Å²) in [5, 5.41) is 0. The van der Waals surface area contributed by atoms with E-state index in [1.54, 1.807) is 0 Å². The lowest BCUT2D eigenvalue weighted by atomic mass is 9.99. The lowest BCUT2D eigenvalue weighted by molar-refractivity contribution is -0.131. The number of nitrogens with zero attached hydrogens (tertiary/aromatic N) is 4. The van der Waals surface area contributed by atoms with Crippen molar-refractivity contribution >= 4 is 23.2 Å². The Balaban J connectivity index is 1.21. The van der Waals surface area contributed by atoms with E-state index in [9.17, 15) is 4.79 Å². The molecular weight excluding hydrogens is 444 g/mol. The minimum atomic E-state index is 0.298. The number of para-hydroxylation sites is 1. The van der Waals surface area contributed by atoms with Gasteiger partial charge in [-0.15, -0.1) is 0 Å². The molecule has 36 heavy (non-hydrogen) atoms. The lowest BCUT2D eigenvalue weighted by Gasteiger charge is -2.18. The number of carbonyl (C=O) groups excluding carboxylic acids is 1. The predicted octanol–water partition coefficient (Wildman–Crippen LogP) is 5.87. The van der Waals surface area contributed by atoms with Gasteiger partial charge in [0.25, 0.3) is 0 Å². The van der Waals surface area contributed by atoms with Crippen molar-refractivity contribution in [3.8, 4) is 22.5 Å². The third-order valence-electron chi connectivity index (χ3n) is 8.05. The summed E-state index contributed by atoms with van der Waals surface area (Å²) >= 11 is 0. The van der Waals surface area contributed by atoms with Crippen molar-refractivity contribution < 1.29 is 4.79 Å². The number of hydrogen-bond acceptors (Lipinski definition) is 3. The lowest BCUT2D eigenvalue weighted by Crippen LogP contribution is -2.30. The maximum absolute atomic E-state index is 12.6. The molecule has 0 radical (unpaired) electrons. The number of aromatic nitrogens is 2. The van der Waals surface area contributed by atoms with Gasteiger partial charge < -0.3 is 9.47 Å². The summed E-state index contributed by atoms with van der Waals surface area (Å²) < 4.78 is 2.40. The van der Waals surface area contributed by atoms with E-state index in [1.807, 2.05) is 6.21 Å². The van der Waals surface area contributed by atoms with E-state index in [0.717, 1.165) is 62.3 Å². The molecule has 7 rings (SSSR count). The van der Waals surface area contributed by atoms with E-state index in [0.29, 0.717) is 17.7 Å². The first-order valence-corrected chi connectivity index (χ1v) is 13.1. The van der Waals surface area contributed by atoms with E-state index < -0.39 is 0 Å². The number of imidazole rings is 1. The van der Waals surface area contributed by atoms with Crippen molar-refractivity contribution in [1.29, 1.82) is 0 Å². The Morgan fingerprint density at radius 3 is 2.61 bits per heavy atom. The average Bonchev–Trinajstić information content (AvgIpc) is 3.29. The summed E-state index contributed by atoms with van der Waals surface area (Å²) in [5.41, 5.74) is 9.54. The highest BCUT2D eigenvalue weighted by molar-refractivity contribution is 5.87. The Kier molecular flexibility index (Phi) is 5.05. The Labute approximate surface area is 211 Å². The van der Waals surface area contributed by atoms with Crippen molar-refractivity contribution in [3.05, 3.63) is 77.4 Å². The van der Waals surface area contributed by atoms with Crippen molar-refractivity contribution in [2.45, 2.75) is 39.3 Å². The number of aliphatic imine (C=N–C) groups is 1. The number of aryl methyl sites for hydroxylation is 1. The number of fused-ring (bicyclic) bond motifs is 2. The molecule has 1 saturated carbocycles. The second kappa shape index (κ2) is 8.44. The quantitative estimate of drug-likeness (QED) is 0.363. The van der Waals surface area contributed by atoms with Crippen LogP contribution in [0.2, 0.25) is 0 Å². The molecule has 1 aliphatic carbocycles. The highest BCUT2D eigenvalue weighted by Crippen LogP contribution is 2.35. The van der Waals surface area contributed by atoms with Crippen LogP contribution in [-0.4, -0.2) is 39.7 Å². The van der Waals surface area contributed by atoms with Crippen molar-refractivity contribution in [2.75, 3.05) is 13.1 Å². The van der Waals surface area contributed by atoms with Crippen LogP contribution >= 0.6 is 0 Å². The summed E-state index contributed by atoms with van der Waals surface area (Å²) in [6.45, 7) is 5.60. The monoisotopic (exact) mass is 474 g/mol. The average molecular weight is 475 g/mol. The van der Waals surface area contributed by atoms with E-state index in [4.69, 9.17) is 4.98 Å². The molecule has 180 valence electrons. The van der Waals surface area contributed by atoms with Crippen LogP contribution in [0.15, 0.2) is 65.7 Å². The minimum Gasteiger partial charge on any atom is -0.342 e. The van der Waals surface area contributed by atoms with Gasteiger partial charge in [-0.05, 0) is 72.1 Å². The van der Waals surface area contributed by atoms with Gasteiger partial charge >= 0.3 is 0 Å². The molecule has 3 heterocycles. The van der Waals surface area contributed by atoms with Gasteiger partial charge in [0.15, 0.2) is 0 Å². The molecule has 0 bridgehead atoms. The molecule has 4 aromatic rings. The van der Waals surface area contributed by atoms with E-state index in [2.05, 4.69) is 82.0 Å². The molecule has 1 amide bonds. The molecule has 1 atom stereocenters. The fraction of sp³-hybridized carbons (Fsp3) is 0.323. The first-order valence-electron chi connectivity index (χ1n) is 13.1. The van der Waals surface area contributed by atoms with Gasteiger partial charge in [0.05, 0.1) is 17.6 Å². The van der Waals surface area contributed by atoms with Crippen LogP contribution in [0.1, 0.15) is 36.0 Å². The third-order valence-corrected chi connectivity index (χ3v) is 8.05. The molecule has 5 nitrogen and oxygen atoms in total. The van der Waals surface area contributed by atoms with E-state index >= 15 is 0 Å². The van der Waals surface area contributed by atoms with E-state index in [1.165, 1.54) is 33.3 Å². The molecule has 3 aliphatic rings. The fourth-order valence-electron chi connectivity index (χ4n) is 5.88. The number of rotatable bonds is 5. The molecule has 1 aromatic heterocycles.